The van der Waals surface area contributed by atoms with Gasteiger partial charge in [-0.2, -0.15) is 4.68 Å². The summed E-state index contributed by atoms with van der Waals surface area (Å²) in [7, 11) is 2.07. The average molecular weight is 215 g/mol. The Labute approximate surface area is 97.1 Å². The Balaban J connectivity index is 2.55. The predicted molar refractivity (Wildman–Crippen MR) is 65.2 cm³/mol. The molecule has 0 amide bonds. The summed E-state index contributed by atoms with van der Waals surface area (Å²) in [5.74, 6) is 0. The Hall–Kier alpha value is -1.57. The van der Waals surface area contributed by atoms with E-state index in [1.165, 1.54) is 11.1 Å². The molecule has 0 fully saturated rings. The summed E-state index contributed by atoms with van der Waals surface area (Å²) in [6, 6.07) is 10.6. The third kappa shape index (κ3) is 1.64. The fraction of sp³-hybridized carbons (Fsp3) is 0.357. The smallest absolute Gasteiger partial charge is 0.151 e. The highest BCUT2D eigenvalue weighted by Gasteiger charge is 2.29. The van der Waals surface area contributed by atoms with Crippen molar-refractivity contribution in [2.45, 2.75) is 26.3 Å². The topological polar surface area (TPSA) is 8.81 Å². The Morgan fingerprint density at radius 1 is 1.12 bits per heavy atom. The van der Waals surface area contributed by atoms with Crippen LogP contribution in [-0.4, -0.2) is 4.68 Å². The zero-order chi connectivity index (χ0) is 11.8. The molecule has 0 radical (unpaired) electrons. The van der Waals surface area contributed by atoms with Crippen LogP contribution in [0.5, 0.6) is 0 Å². The molecule has 2 rings (SSSR count). The first-order valence-electron chi connectivity index (χ1n) is 5.63. The molecule has 1 heterocycles. The highest BCUT2D eigenvalue weighted by Crippen LogP contribution is 2.26. The van der Waals surface area contributed by atoms with Gasteiger partial charge < -0.3 is 0 Å². The van der Waals surface area contributed by atoms with E-state index in [2.05, 4.69) is 79.9 Å². The van der Waals surface area contributed by atoms with E-state index >= 15 is 0 Å². The third-order valence-corrected chi connectivity index (χ3v) is 3.25. The number of benzene rings is 1. The van der Waals surface area contributed by atoms with Crippen molar-refractivity contribution in [2.24, 2.45) is 7.05 Å². The van der Waals surface area contributed by atoms with E-state index in [1.807, 2.05) is 0 Å². The van der Waals surface area contributed by atoms with Crippen molar-refractivity contribution >= 4 is 0 Å². The van der Waals surface area contributed by atoms with Crippen LogP contribution in [-0.2, 0) is 12.6 Å². The van der Waals surface area contributed by atoms with Crippen LogP contribution in [0, 0.1) is 6.92 Å². The van der Waals surface area contributed by atoms with Crippen LogP contribution in [0.1, 0.15) is 25.0 Å². The summed E-state index contributed by atoms with van der Waals surface area (Å²) in [6.45, 7) is 6.66. The predicted octanol–water partition coefficient (Wildman–Crippen LogP) is 2.40. The molecule has 2 aromatic rings. The first kappa shape index (κ1) is 10.9. The highest BCUT2D eigenvalue weighted by atomic mass is 15.4. The molecule has 0 atom stereocenters. The Kier molecular flexibility index (Phi) is 2.58. The second-order valence-electron chi connectivity index (χ2n) is 4.78. The van der Waals surface area contributed by atoms with Crippen LogP contribution in [0.3, 0.4) is 0 Å². The maximum absolute atomic E-state index is 2.25. The van der Waals surface area contributed by atoms with Gasteiger partial charge in [0.25, 0.3) is 0 Å². The van der Waals surface area contributed by atoms with Gasteiger partial charge in [-0.25, -0.2) is 0 Å². The van der Waals surface area contributed by atoms with Gasteiger partial charge in [-0.1, -0.05) is 24.3 Å². The van der Waals surface area contributed by atoms with Crippen molar-refractivity contribution in [2.75, 3.05) is 0 Å². The monoisotopic (exact) mass is 215 g/mol. The van der Waals surface area contributed by atoms with E-state index in [1.54, 1.807) is 0 Å². The van der Waals surface area contributed by atoms with E-state index in [9.17, 15) is 0 Å². The molecule has 1 aromatic heterocycles. The zero-order valence-electron chi connectivity index (χ0n) is 10.4. The number of hydrogen-bond acceptors (Lipinski definition) is 0. The molecule has 0 spiro atoms. The normalized spacial score (nSPS) is 11.8. The molecule has 0 N–H and O–H groups in total. The molecule has 0 aliphatic heterocycles. The SMILES string of the molecule is Cc1ccccc1C(C)(C)n1ccc[n+]1C. The van der Waals surface area contributed by atoms with Gasteiger partial charge in [-0.15, -0.1) is 4.68 Å². The summed E-state index contributed by atoms with van der Waals surface area (Å²) in [4.78, 5) is 0. The third-order valence-electron chi connectivity index (χ3n) is 3.25. The summed E-state index contributed by atoms with van der Waals surface area (Å²) < 4.78 is 4.36. The number of nitrogens with zero attached hydrogens (tertiary/aromatic N) is 2. The van der Waals surface area contributed by atoms with Crippen LogP contribution in [0.4, 0.5) is 0 Å². The van der Waals surface area contributed by atoms with Gasteiger partial charge in [0.15, 0.2) is 13.2 Å². The van der Waals surface area contributed by atoms with Gasteiger partial charge in [-0.05, 0) is 31.9 Å². The molecule has 0 unspecified atom stereocenters. The van der Waals surface area contributed by atoms with E-state index in [-0.39, 0.29) is 5.54 Å². The number of aryl methyl sites for hydroxylation is 2. The molecule has 0 saturated heterocycles. The lowest BCUT2D eigenvalue weighted by molar-refractivity contribution is -0.759. The van der Waals surface area contributed by atoms with Gasteiger partial charge in [0, 0.05) is 6.07 Å². The molecule has 0 bridgehead atoms. The summed E-state index contributed by atoms with van der Waals surface area (Å²) in [5, 5.41) is 0. The first-order valence-corrected chi connectivity index (χ1v) is 5.63. The molecule has 0 saturated carbocycles. The van der Waals surface area contributed by atoms with Gasteiger partial charge in [0.1, 0.15) is 5.54 Å². The lowest BCUT2D eigenvalue weighted by Gasteiger charge is -2.25. The Bertz CT molecular complexity index is 495. The molecule has 84 valence electrons. The number of rotatable bonds is 2. The molecule has 2 nitrogen and oxygen atoms in total. The first-order chi connectivity index (χ1) is 7.53. The minimum absolute atomic E-state index is 0.0242. The van der Waals surface area contributed by atoms with E-state index in [4.69, 9.17) is 0 Å². The molecule has 0 aliphatic carbocycles. The van der Waals surface area contributed by atoms with Crippen molar-refractivity contribution < 1.29 is 4.68 Å². The molecular formula is C14H19N2+. The maximum Gasteiger partial charge on any atom is 0.195 e. The van der Waals surface area contributed by atoms with Crippen LogP contribution in [0.15, 0.2) is 42.7 Å². The minimum atomic E-state index is -0.0242. The maximum atomic E-state index is 2.25. The van der Waals surface area contributed by atoms with Gasteiger partial charge in [0.2, 0.25) is 0 Å². The lowest BCUT2D eigenvalue weighted by Crippen LogP contribution is -2.47. The largest absolute Gasteiger partial charge is 0.195 e. The van der Waals surface area contributed by atoms with Gasteiger partial charge in [-0.3, -0.25) is 0 Å². The van der Waals surface area contributed by atoms with Gasteiger partial charge in [0.05, 0.1) is 6.20 Å². The standard InChI is InChI=1S/C14H19N2/c1-12-8-5-6-9-13(12)14(2,3)16-11-7-10-15(16)4/h5-11H,1-4H3/q+1. The fourth-order valence-electron chi connectivity index (χ4n) is 2.38. The van der Waals surface area contributed by atoms with Crippen molar-refractivity contribution in [3.05, 3.63) is 53.9 Å². The van der Waals surface area contributed by atoms with Crippen LogP contribution < -0.4 is 4.68 Å². The van der Waals surface area contributed by atoms with Crippen LogP contribution in [0.2, 0.25) is 0 Å². The van der Waals surface area contributed by atoms with E-state index < -0.39 is 0 Å². The lowest BCUT2D eigenvalue weighted by atomic mass is 9.91. The molecule has 1 aromatic carbocycles. The van der Waals surface area contributed by atoms with Crippen molar-refractivity contribution in [3.63, 3.8) is 0 Å². The minimum Gasteiger partial charge on any atom is -0.151 e. The average Bonchev–Trinajstić information content (AvgIpc) is 2.65. The molecule has 0 aliphatic rings. The van der Waals surface area contributed by atoms with E-state index in [0.29, 0.717) is 0 Å². The van der Waals surface area contributed by atoms with Crippen molar-refractivity contribution in [1.82, 2.24) is 4.68 Å². The van der Waals surface area contributed by atoms with Gasteiger partial charge >= 0.3 is 0 Å². The van der Waals surface area contributed by atoms with Crippen LogP contribution >= 0.6 is 0 Å². The van der Waals surface area contributed by atoms with E-state index in [0.717, 1.165) is 0 Å². The van der Waals surface area contributed by atoms with Crippen molar-refractivity contribution in [3.8, 4) is 0 Å². The summed E-state index contributed by atoms with van der Waals surface area (Å²) >= 11 is 0. The Morgan fingerprint density at radius 2 is 1.81 bits per heavy atom. The fourth-order valence-corrected chi connectivity index (χ4v) is 2.38. The number of aromatic nitrogens is 2. The quantitative estimate of drug-likeness (QED) is 0.680. The molecular weight excluding hydrogens is 196 g/mol. The second kappa shape index (κ2) is 3.78. The molecule has 2 heteroatoms. The second-order valence-corrected chi connectivity index (χ2v) is 4.78. The van der Waals surface area contributed by atoms with Crippen molar-refractivity contribution in [1.29, 1.82) is 0 Å². The number of hydrogen-bond donors (Lipinski definition) is 0. The Morgan fingerprint density at radius 3 is 2.38 bits per heavy atom. The molecule has 16 heavy (non-hydrogen) atoms. The van der Waals surface area contributed by atoms with Crippen LogP contribution in [0.25, 0.3) is 0 Å². The summed E-state index contributed by atoms with van der Waals surface area (Å²) in [6.07, 6.45) is 4.19. The highest BCUT2D eigenvalue weighted by molar-refractivity contribution is 5.31. The summed E-state index contributed by atoms with van der Waals surface area (Å²) in [5.41, 5.74) is 2.67. The zero-order valence-corrected chi connectivity index (χ0v) is 10.4.